The van der Waals surface area contributed by atoms with E-state index in [9.17, 15) is 0 Å². The lowest BCUT2D eigenvalue weighted by Crippen LogP contribution is -2.05. The quantitative estimate of drug-likeness (QED) is 0.737. The van der Waals surface area contributed by atoms with Gasteiger partial charge in [0, 0.05) is 23.5 Å². The molecule has 0 saturated carbocycles. The number of anilines is 1. The number of halogens is 1. The van der Waals surface area contributed by atoms with Crippen LogP contribution in [0.15, 0.2) is 12.1 Å². The number of hydrogen-bond acceptors (Lipinski definition) is 2. The van der Waals surface area contributed by atoms with Crippen molar-refractivity contribution in [2.45, 2.75) is 20.8 Å². The first-order chi connectivity index (χ1) is 6.56. The Morgan fingerprint density at radius 2 is 2.14 bits per heavy atom. The van der Waals surface area contributed by atoms with Gasteiger partial charge in [-0.2, -0.15) is 0 Å². The zero-order valence-corrected chi connectivity index (χ0v) is 9.50. The van der Waals surface area contributed by atoms with Crippen LogP contribution in [0.1, 0.15) is 25.0 Å². The summed E-state index contributed by atoms with van der Waals surface area (Å²) in [5.74, 6) is 0. The summed E-state index contributed by atoms with van der Waals surface area (Å²) in [4.78, 5) is 0. The van der Waals surface area contributed by atoms with E-state index in [0.29, 0.717) is 10.7 Å². The first kappa shape index (κ1) is 11.1. The molecule has 1 aromatic rings. The summed E-state index contributed by atoms with van der Waals surface area (Å²) < 4.78 is 0. The number of benzene rings is 1. The predicted molar refractivity (Wildman–Crippen MR) is 62.9 cm³/mol. The Morgan fingerprint density at radius 3 is 2.64 bits per heavy atom. The van der Waals surface area contributed by atoms with Crippen molar-refractivity contribution in [1.82, 2.24) is 0 Å². The minimum atomic E-state index is 0.492. The number of rotatable bonds is 3. The van der Waals surface area contributed by atoms with Crippen LogP contribution in [0.3, 0.4) is 0 Å². The van der Waals surface area contributed by atoms with E-state index in [0.717, 1.165) is 23.4 Å². The molecule has 0 heterocycles. The third kappa shape index (κ3) is 2.26. The molecule has 2 N–H and O–H groups in total. The van der Waals surface area contributed by atoms with Crippen LogP contribution in [-0.4, -0.2) is 12.3 Å². The summed E-state index contributed by atoms with van der Waals surface area (Å²) in [5.41, 5.74) is 3.35. The highest BCUT2D eigenvalue weighted by Crippen LogP contribution is 2.26. The van der Waals surface area contributed by atoms with Gasteiger partial charge in [0.15, 0.2) is 0 Å². The molecule has 0 radical (unpaired) electrons. The Labute approximate surface area is 89.8 Å². The molecular formula is C11H15ClN2. The van der Waals surface area contributed by atoms with Crippen molar-refractivity contribution in [3.05, 3.63) is 28.3 Å². The number of aryl methyl sites for hydroxylation is 1. The van der Waals surface area contributed by atoms with Gasteiger partial charge in [0.2, 0.25) is 0 Å². The van der Waals surface area contributed by atoms with Crippen LogP contribution >= 0.6 is 11.6 Å². The highest BCUT2D eigenvalue weighted by Gasteiger charge is 2.09. The molecule has 0 aliphatic carbocycles. The molecule has 0 saturated heterocycles. The summed E-state index contributed by atoms with van der Waals surface area (Å²) in [6, 6.07) is 3.90. The maximum Gasteiger partial charge on any atom is 0.0519 e. The van der Waals surface area contributed by atoms with Crippen LogP contribution in [-0.2, 0) is 0 Å². The van der Waals surface area contributed by atoms with E-state index in [2.05, 4.69) is 5.32 Å². The summed E-state index contributed by atoms with van der Waals surface area (Å²) >= 11 is 6.08. The Morgan fingerprint density at radius 1 is 1.50 bits per heavy atom. The van der Waals surface area contributed by atoms with Crippen molar-refractivity contribution in [2.75, 3.05) is 11.9 Å². The average molecular weight is 211 g/mol. The highest BCUT2D eigenvalue weighted by atomic mass is 35.5. The molecule has 0 amide bonds. The molecule has 0 aliphatic rings. The van der Waals surface area contributed by atoms with Gasteiger partial charge in [0.25, 0.3) is 0 Å². The largest absolute Gasteiger partial charge is 0.385 e. The Bertz CT molecular complexity index is 359. The van der Waals surface area contributed by atoms with Crippen LogP contribution in [0.25, 0.3) is 0 Å². The molecule has 2 nitrogen and oxygen atoms in total. The fourth-order valence-electron chi connectivity index (χ4n) is 1.45. The van der Waals surface area contributed by atoms with Gasteiger partial charge >= 0.3 is 0 Å². The van der Waals surface area contributed by atoms with E-state index in [-0.39, 0.29) is 0 Å². The second-order valence-electron chi connectivity index (χ2n) is 3.32. The van der Waals surface area contributed by atoms with Crippen molar-refractivity contribution < 1.29 is 0 Å². The smallest absolute Gasteiger partial charge is 0.0519 e. The molecule has 0 spiro atoms. The molecule has 0 aromatic heterocycles. The fourth-order valence-corrected chi connectivity index (χ4v) is 1.87. The maximum absolute atomic E-state index is 7.64. The normalized spacial score (nSPS) is 10.0. The minimum Gasteiger partial charge on any atom is -0.385 e. The van der Waals surface area contributed by atoms with Crippen molar-refractivity contribution in [3.8, 4) is 0 Å². The lowest BCUT2D eigenvalue weighted by Gasteiger charge is -2.12. The lowest BCUT2D eigenvalue weighted by atomic mass is 10.1. The summed E-state index contributed by atoms with van der Waals surface area (Å²) in [6.45, 7) is 6.60. The number of hydrogen-bond donors (Lipinski definition) is 2. The molecule has 3 heteroatoms. The molecule has 76 valence electrons. The van der Waals surface area contributed by atoms with E-state index in [4.69, 9.17) is 17.0 Å². The van der Waals surface area contributed by atoms with Crippen LogP contribution < -0.4 is 5.32 Å². The van der Waals surface area contributed by atoms with Gasteiger partial charge in [-0.25, -0.2) is 0 Å². The molecule has 1 aromatic carbocycles. The summed E-state index contributed by atoms with van der Waals surface area (Å²) in [6.07, 6.45) is 0. The molecule has 0 bridgehead atoms. The van der Waals surface area contributed by atoms with E-state index in [1.54, 1.807) is 6.92 Å². The van der Waals surface area contributed by atoms with E-state index < -0.39 is 0 Å². The highest BCUT2D eigenvalue weighted by molar-refractivity contribution is 6.34. The van der Waals surface area contributed by atoms with E-state index in [1.165, 1.54) is 0 Å². The van der Waals surface area contributed by atoms with E-state index in [1.807, 2.05) is 26.0 Å². The van der Waals surface area contributed by atoms with Gasteiger partial charge in [0.1, 0.15) is 0 Å². The number of nitrogens with one attached hydrogen (secondary N) is 2. The average Bonchev–Trinajstić information content (AvgIpc) is 2.01. The van der Waals surface area contributed by atoms with Gasteiger partial charge in [0.05, 0.1) is 5.02 Å². The molecule has 0 atom stereocenters. The first-order valence-corrected chi connectivity index (χ1v) is 5.03. The molecule has 1 rings (SSSR count). The Kier molecular flexibility index (Phi) is 3.53. The minimum absolute atomic E-state index is 0.492. The predicted octanol–water partition coefficient (Wildman–Crippen LogP) is 3.47. The molecular weight excluding hydrogens is 196 g/mol. The van der Waals surface area contributed by atoms with Crippen molar-refractivity contribution in [1.29, 1.82) is 5.41 Å². The fraction of sp³-hybridized carbons (Fsp3) is 0.364. The van der Waals surface area contributed by atoms with Gasteiger partial charge in [-0.3, -0.25) is 0 Å². The second kappa shape index (κ2) is 4.47. The van der Waals surface area contributed by atoms with Crippen molar-refractivity contribution in [3.63, 3.8) is 0 Å². The molecule has 0 fully saturated rings. The summed E-state index contributed by atoms with van der Waals surface area (Å²) in [7, 11) is 0. The lowest BCUT2D eigenvalue weighted by molar-refractivity contribution is 1.20. The van der Waals surface area contributed by atoms with Crippen LogP contribution in [0, 0.1) is 12.3 Å². The third-order valence-electron chi connectivity index (χ3n) is 1.98. The summed E-state index contributed by atoms with van der Waals surface area (Å²) in [5, 5.41) is 11.5. The van der Waals surface area contributed by atoms with Gasteiger partial charge in [-0.15, -0.1) is 0 Å². The zero-order chi connectivity index (χ0) is 10.7. The van der Waals surface area contributed by atoms with Crippen LogP contribution in [0.4, 0.5) is 5.69 Å². The van der Waals surface area contributed by atoms with Crippen LogP contribution in [0.5, 0.6) is 0 Å². The van der Waals surface area contributed by atoms with Crippen LogP contribution in [0.2, 0.25) is 5.02 Å². The SMILES string of the molecule is CCNc1cc(C)cc(Cl)c1C(C)=N. The third-order valence-corrected chi connectivity index (χ3v) is 2.27. The first-order valence-electron chi connectivity index (χ1n) is 4.65. The van der Waals surface area contributed by atoms with Gasteiger partial charge in [-0.05, 0) is 38.5 Å². The molecule has 0 aliphatic heterocycles. The molecule has 14 heavy (non-hydrogen) atoms. The monoisotopic (exact) mass is 210 g/mol. The maximum atomic E-state index is 7.64. The molecule has 0 unspecified atom stereocenters. The van der Waals surface area contributed by atoms with Crippen molar-refractivity contribution in [2.24, 2.45) is 0 Å². The van der Waals surface area contributed by atoms with Gasteiger partial charge in [-0.1, -0.05) is 11.6 Å². The Balaban J connectivity index is 3.28. The Hall–Kier alpha value is -1.02. The zero-order valence-electron chi connectivity index (χ0n) is 8.74. The van der Waals surface area contributed by atoms with E-state index >= 15 is 0 Å². The van der Waals surface area contributed by atoms with Gasteiger partial charge < -0.3 is 10.7 Å². The van der Waals surface area contributed by atoms with Crippen molar-refractivity contribution >= 4 is 23.0 Å². The standard InChI is InChI=1S/C11H15ClN2/c1-4-14-10-6-7(2)5-9(12)11(10)8(3)13/h5-6,13-14H,4H2,1-3H3. The second-order valence-corrected chi connectivity index (χ2v) is 3.73. The topological polar surface area (TPSA) is 35.9 Å².